The lowest BCUT2D eigenvalue weighted by Gasteiger charge is -2.32. The van der Waals surface area contributed by atoms with Crippen LogP contribution in [0.3, 0.4) is 0 Å². The van der Waals surface area contributed by atoms with Gasteiger partial charge in [0.25, 0.3) is 0 Å². The molecule has 0 aromatic carbocycles. The minimum atomic E-state index is -1.16. The van der Waals surface area contributed by atoms with Crippen molar-refractivity contribution in [2.45, 2.75) is 110 Å². The number of hydrogen-bond acceptors (Lipinski definition) is 3. The van der Waals surface area contributed by atoms with Crippen LogP contribution in [0.25, 0.3) is 0 Å². The maximum absolute atomic E-state index is 12.7. The average Bonchev–Trinajstić information content (AvgIpc) is 2.65. The molecule has 1 aliphatic heterocycles. The van der Waals surface area contributed by atoms with Crippen molar-refractivity contribution in [3.05, 3.63) is 11.6 Å². The molecule has 0 saturated carbocycles. The number of allylic oxidation sites excluding steroid dienone is 2. The fourth-order valence-corrected chi connectivity index (χ4v) is 3.63. The Hall–Kier alpha value is -0.165. The van der Waals surface area contributed by atoms with Gasteiger partial charge in [-0.05, 0) is 87.5 Å². The highest BCUT2D eigenvalue weighted by Gasteiger charge is 2.54. The first-order valence-electron chi connectivity index (χ1n) is 9.83. The molecule has 0 amide bonds. The summed E-state index contributed by atoms with van der Waals surface area (Å²) < 4.78 is 28.2. The maximum atomic E-state index is 12.7. The molecule has 0 spiro atoms. The van der Waals surface area contributed by atoms with Crippen molar-refractivity contribution < 1.29 is 13.5 Å². The lowest BCUT2D eigenvalue weighted by Crippen LogP contribution is -2.50. The summed E-state index contributed by atoms with van der Waals surface area (Å²) in [7, 11) is -1.56. The van der Waals surface area contributed by atoms with Gasteiger partial charge in [-0.15, -0.1) is 0 Å². The van der Waals surface area contributed by atoms with Gasteiger partial charge in [-0.25, -0.2) is 8.93 Å². The molecule has 1 N–H and O–H groups in total. The predicted molar refractivity (Wildman–Crippen MR) is 113 cm³/mol. The van der Waals surface area contributed by atoms with Gasteiger partial charge in [0.2, 0.25) is 0 Å². The van der Waals surface area contributed by atoms with Gasteiger partial charge in [-0.3, -0.25) is 0 Å². The third-order valence-electron chi connectivity index (χ3n) is 5.28. The molecule has 1 heterocycles. The third kappa shape index (κ3) is 6.77. The van der Waals surface area contributed by atoms with Crippen molar-refractivity contribution in [3.63, 3.8) is 0 Å². The molecule has 1 fully saturated rings. The topological polar surface area (TPSA) is 47.6 Å². The van der Waals surface area contributed by atoms with E-state index < -0.39 is 18.1 Å². The van der Waals surface area contributed by atoms with Gasteiger partial charge in [0.15, 0.2) is 0 Å². The number of rotatable bonds is 8. The average molecular weight is 385 g/mol. The van der Waals surface area contributed by atoms with Crippen molar-refractivity contribution >= 4 is 18.1 Å². The first-order valence-corrected chi connectivity index (χ1v) is 11.0. The highest BCUT2D eigenvalue weighted by molar-refractivity contribution is 7.84. The van der Waals surface area contributed by atoms with Gasteiger partial charge in [0.1, 0.15) is 0 Å². The van der Waals surface area contributed by atoms with E-state index in [-0.39, 0.29) is 21.9 Å². The molecule has 26 heavy (non-hydrogen) atoms. The quantitative estimate of drug-likeness (QED) is 0.482. The molecule has 0 radical (unpaired) electrons. The molecule has 3 atom stereocenters. The summed E-state index contributed by atoms with van der Waals surface area (Å²) in [4.78, 5) is 0. The van der Waals surface area contributed by atoms with Crippen molar-refractivity contribution in [2.24, 2.45) is 5.92 Å². The molecule has 1 rings (SSSR count). The molecule has 0 aromatic rings. The number of nitrogens with one attached hydrogen (secondary N) is 1. The van der Waals surface area contributed by atoms with E-state index in [2.05, 4.69) is 59.3 Å². The lowest BCUT2D eigenvalue weighted by molar-refractivity contribution is 0.00578. The van der Waals surface area contributed by atoms with Crippen molar-refractivity contribution in [1.29, 1.82) is 0 Å². The zero-order chi connectivity index (χ0) is 20.3. The van der Waals surface area contributed by atoms with E-state index in [1.807, 2.05) is 20.8 Å². The fourth-order valence-electron chi connectivity index (χ4n) is 2.79. The van der Waals surface area contributed by atoms with Crippen LogP contribution in [-0.4, -0.2) is 33.2 Å². The van der Waals surface area contributed by atoms with Crippen molar-refractivity contribution in [3.8, 4) is 0 Å². The summed E-state index contributed by atoms with van der Waals surface area (Å²) in [6.07, 6.45) is 5.32. The summed E-state index contributed by atoms with van der Waals surface area (Å²) >= 11 is 0. The zero-order valence-corrected chi connectivity index (χ0v) is 19.4. The van der Waals surface area contributed by atoms with Crippen molar-refractivity contribution in [2.75, 3.05) is 0 Å². The predicted octanol–water partition coefficient (Wildman–Crippen LogP) is 4.81. The van der Waals surface area contributed by atoms with Gasteiger partial charge in [-0.2, -0.15) is 0 Å². The van der Waals surface area contributed by atoms with Crippen LogP contribution < -0.4 is 4.72 Å². The molecule has 4 nitrogen and oxygen atoms in total. The van der Waals surface area contributed by atoms with E-state index in [1.54, 1.807) is 0 Å². The summed E-state index contributed by atoms with van der Waals surface area (Å²) in [5, 5.41) is 0. The van der Waals surface area contributed by atoms with Crippen LogP contribution in [-0.2, 0) is 20.3 Å². The largest absolute Gasteiger partial charge is 0.477 e. The van der Waals surface area contributed by atoms with Crippen LogP contribution in [0.5, 0.6) is 0 Å². The van der Waals surface area contributed by atoms with E-state index in [4.69, 9.17) is 9.31 Å². The van der Waals surface area contributed by atoms with Crippen LogP contribution in [0.2, 0.25) is 0 Å². The summed E-state index contributed by atoms with van der Waals surface area (Å²) in [5.41, 5.74) is 0.588. The van der Waals surface area contributed by atoms with Gasteiger partial charge < -0.3 is 9.31 Å². The molecule has 2 unspecified atom stereocenters. The molecule has 6 heteroatoms. The zero-order valence-electron chi connectivity index (χ0n) is 18.6. The standard InChI is InChI=1S/C20H40BNO3S/c1-15(2)12-11-13-16(3)14-17(22-26(23)18(4,5)6)21-24-19(7,8)20(9,10)25-21/h12,16-17,22H,11,13-14H2,1-10H3/t16?,17-,26?/m0/s1. The summed E-state index contributed by atoms with van der Waals surface area (Å²) in [6.45, 7) is 20.7. The minimum Gasteiger partial charge on any atom is -0.402 e. The summed E-state index contributed by atoms with van der Waals surface area (Å²) in [6, 6.07) is 0. The van der Waals surface area contributed by atoms with Crippen LogP contribution in [0.4, 0.5) is 0 Å². The number of hydrogen-bond donors (Lipinski definition) is 1. The second-order valence-corrected chi connectivity index (χ2v) is 11.9. The van der Waals surface area contributed by atoms with Crippen LogP contribution in [0.1, 0.15) is 88.5 Å². The molecule has 0 aromatic heterocycles. The normalized spacial score (nSPS) is 22.8. The Morgan fingerprint density at radius 2 is 1.65 bits per heavy atom. The Morgan fingerprint density at radius 1 is 1.15 bits per heavy atom. The molecule has 1 saturated heterocycles. The highest BCUT2D eigenvalue weighted by Crippen LogP contribution is 2.38. The van der Waals surface area contributed by atoms with E-state index in [1.165, 1.54) is 5.57 Å². The molecular formula is C20H40BNO3S. The minimum absolute atomic E-state index is 0.0992. The van der Waals surface area contributed by atoms with E-state index in [0.717, 1.165) is 19.3 Å². The third-order valence-corrected chi connectivity index (χ3v) is 6.91. The first kappa shape index (κ1) is 23.9. The van der Waals surface area contributed by atoms with E-state index >= 15 is 0 Å². The SMILES string of the molecule is CC(C)=CCCC(C)C[C@H](NS(=O)C(C)(C)C)B1OC(C)(C)C(C)(C)O1. The Bertz CT molecular complexity index is 506. The van der Waals surface area contributed by atoms with Gasteiger partial charge in [-0.1, -0.05) is 18.6 Å². The van der Waals surface area contributed by atoms with Gasteiger partial charge >= 0.3 is 7.12 Å². The molecular weight excluding hydrogens is 345 g/mol. The second-order valence-electron chi connectivity index (χ2n) is 9.93. The Labute approximate surface area is 164 Å². The Kier molecular flexibility index (Phi) is 8.16. The van der Waals surface area contributed by atoms with Gasteiger partial charge in [0, 0.05) is 0 Å². The van der Waals surface area contributed by atoms with E-state index in [9.17, 15) is 4.21 Å². The smallest absolute Gasteiger partial charge is 0.402 e. The monoisotopic (exact) mass is 385 g/mol. The van der Waals surface area contributed by atoms with Crippen molar-refractivity contribution in [1.82, 2.24) is 4.72 Å². The Morgan fingerprint density at radius 3 is 2.08 bits per heavy atom. The van der Waals surface area contributed by atoms with Crippen LogP contribution >= 0.6 is 0 Å². The maximum Gasteiger partial charge on any atom is 0.477 e. The molecule has 0 aliphatic carbocycles. The first-order chi connectivity index (χ1) is 11.7. The summed E-state index contributed by atoms with van der Waals surface area (Å²) in [5.74, 6) is 0.386. The molecule has 0 bridgehead atoms. The van der Waals surface area contributed by atoms with Crippen LogP contribution in [0, 0.1) is 5.92 Å². The van der Waals surface area contributed by atoms with E-state index in [0.29, 0.717) is 5.92 Å². The van der Waals surface area contributed by atoms with Gasteiger partial charge in [0.05, 0.1) is 32.9 Å². The lowest BCUT2D eigenvalue weighted by atomic mass is 9.74. The fraction of sp³-hybridized carbons (Fsp3) is 0.900. The van der Waals surface area contributed by atoms with Crippen LogP contribution in [0.15, 0.2) is 11.6 Å². The molecule has 152 valence electrons. The molecule has 1 aliphatic rings. The highest BCUT2D eigenvalue weighted by atomic mass is 32.2. The second kappa shape index (κ2) is 8.89. The Balaban J connectivity index is 2.87.